The third-order valence-electron chi connectivity index (χ3n) is 1.54. The van der Waals surface area contributed by atoms with Gasteiger partial charge in [-0.05, 0) is 11.6 Å². The predicted molar refractivity (Wildman–Crippen MR) is 52.7 cm³/mol. The van der Waals surface area contributed by atoms with Crippen molar-refractivity contribution in [1.29, 1.82) is 0 Å². The van der Waals surface area contributed by atoms with Crippen molar-refractivity contribution in [3.05, 3.63) is 29.8 Å². The second-order valence-corrected chi connectivity index (χ2v) is 3.51. The van der Waals surface area contributed by atoms with Crippen molar-refractivity contribution in [3.63, 3.8) is 0 Å². The van der Waals surface area contributed by atoms with Crippen molar-refractivity contribution in [3.8, 4) is 0 Å². The van der Waals surface area contributed by atoms with Gasteiger partial charge < -0.3 is 10.8 Å². The molecule has 0 fully saturated rings. The molecule has 0 aromatic heterocycles. The van der Waals surface area contributed by atoms with Crippen LogP contribution in [0.5, 0.6) is 0 Å². The van der Waals surface area contributed by atoms with Gasteiger partial charge in [0.25, 0.3) is 0 Å². The highest BCUT2D eigenvalue weighted by atomic mass is 32.2. The maximum atomic E-state index is 10.3. The first kappa shape index (κ1) is 10.1. The molecule has 4 heteroatoms. The highest BCUT2D eigenvalue weighted by molar-refractivity contribution is 8.00. The molecule has 3 N–H and O–H groups in total. The summed E-state index contributed by atoms with van der Waals surface area (Å²) in [6.45, 7) is 0.447. The Bertz CT molecular complexity index is 301. The molecule has 0 unspecified atom stereocenters. The maximum Gasteiger partial charge on any atom is 0.313 e. The Hall–Kier alpha value is -1.00. The molecule has 1 aromatic carbocycles. The van der Waals surface area contributed by atoms with E-state index in [2.05, 4.69) is 0 Å². The summed E-state index contributed by atoms with van der Waals surface area (Å²) in [5, 5.41) is 8.49. The highest BCUT2D eigenvalue weighted by Gasteiger charge is 2.02. The number of hydrogen-bond acceptors (Lipinski definition) is 3. The van der Waals surface area contributed by atoms with Crippen molar-refractivity contribution < 1.29 is 9.90 Å². The van der Waals surface area contributed by atoms with Crippen LogP contribution in [-0.2, 0) is 11.3 Å². The summed E-state index contributed by atoms with van der Waals surface area (Å²) >= 11 is 1.30. The van der Waals surface area contributed by atoms with Crippen molar-refractivity contribution in [2.75, 3.05) is 5.75 Å². The van der Waals surface area contributed by atoms with Gasteiger partial charge in [0.05, 0.1) is 5.75 Å². The second kappa shape index (κ2) is 4.89. The summed E-state index contributed by atoms with van der Waals surface area (Å²) in [6, 6.07) is 7.57. The van der Waals surface area contributed by atoms with Gasteiger partial charge in [0.15, 0.2) is 0 Å². The van der Waals surface area contributed by atoms with Crippen LogP contribution in [0.15, 0.2) is 29.2 Å². The number of thioether (sulfide) groups is 1. The summed E-state index contributed by atoms with van der Waals surface area (Å²) in [4.78, 5) is 11.3. The average Bonchev–Trinajstić information content (AvgIpc) is 2.15. The van der Waals surface area contributed by atoms with E-state index in [1.54, 1.807) is 0 Å². The number of rotatable bonds is 4. The van der Waals surface area contributed by atoms with Gasteiger partial charge in [-0.15, -0.1) is 11.8 Å². The lowest BCUT2D eigenvalue weighted by atomic mass is 10.2. The molecule has 0 heterocycles. The minimum atomic E-state index is -0.808. The number of benzene rings is 1. The van der Waals surface area contributed by atoms with E-state index in [-0.39, 0.29) is 5.75 Å². The summed E-state index contributed by atoms with van der Waals surface area (Å²) in [5.74, 6) is -0.728. The molecular formula is C9H11NO2S. The van der Waals surface area contributed by atoms with Gasteiger partial charge in [-0.25, -0.2) is 0 Å². The van der Waals surface area contributed by atoms with Gasteiger partial charge in [-0.2, -0.15) is 0 Å². The average molecular weight is 197 g/mol. The molecule has 0 saturated carbocycles. The second-order valence-electron chi connectivity index (χ2n) is 2.49. The zero-order valence-corrected chi connectivity index (χ0v) is 7.88. The fourth-order valence-electron chi connectivity index (χ4n) is 0.953. The van der Waals surface area contributed by atoms with Crippen molar-refractivity contribution >= 4 is 17.7 Å². The monoisotopic (exact) mass is 197 g/mol. The number of carbonyl (C=O) groups is 1. The van der Waals surface area contributed by atoms with Crippen LogP contribution in [0.4, 0.5) is 0 Å². The summed E-state index contributed by atoms with van der Waals surface area (Å²) in [6.07, 6.45) is 0. The lowest BCUT2D eigenvalue weighted by Gasteiger charge is -2.04. The van der Waals surface area contributed by atoms with Crippen LogP contribution in [0.2, 0.25) is 0 Å². The minimum Gasteiger partial charge on any atom is -0.481 e. The van der Waals surface area contributed by atoms with E-state index in [0.717, 1.165) is 10.5 Å². The molecule has 0 spiro atoms. The third kappa shape index (κ3) is 3.08. The fourth-order valence-corrected chi connectivity index (χ4v) is 1.74. The summed E-state index contributed by atoms with van der Waals surface area (Å²) in [7, 11) is 0. The van der Waals surface area contributed by atoms with Crippen LogP contribution < -0.4 is 5.73 Å². The van der Waals surface area contributed by atoms with E-state index in [4.69, 9.17) is 10.8 Å². The SMILES string of the molecule is NCc1ccccc1SCC(=O)O. The maximum absolute atomic E-state index is 10.3. The number of nitrogens with two attached hydrogens (primary N) is 1. The molecule has 13 heavy (non-hydrogen) atoms. The molecule has 0 amide bonds. The first-order valence-corrected chi connectivity index (χ1v) is 4.85. The van der Waals surface area contributed by atoms with E-state index in [1.807, 2.05) is 24.3 Å². The van der Waals surface area contributed by atoms with Gasteiger partial charge in [-0.3, -0.25) is 4.79 Å². The van der Waals surface area contributed by atoms with Gasteiger partial charge >= 0.3 is 5.97 Å². The fraction of sp³-hybridized carbons (Fsp3) is 0.222. The van der Waals surface area contributed by atoms with Crippen LogP contribution in [0, 0.1) is 0 Å². The third-order valence-corrected chi connectivity index (χ3v) is 2.64. The largest absolute Gasteiger partial charge is 0.481 e. The molecule has 0 aliphatic rings. The smallest absolute Gasteiger partial charge is 0.313 e. The van der Waals surface area contributed by atoms with Crippen LogP contribution in [0.25, 0.3) is 0 Å². The van der Waals surface area contributed by atoms with Crippen molar-refractivity contribution in [2.24, 2.45) is 5.73 Å². The van der Waals surface area contributed by atoms with E-state index < -0.39 is 5.97 Å². The molecule has 70 valence electrons. The highest BCUT2D eigenvalue weighted by Crippen LogP contribution is 2.21. The van der Waals surface area contributed by atoms with E-state index in [0.29, 0.717) is 6.54 Å². The first-order valence-electron chi connectivity index (χ1n) is 3.86. The summed E-state index contributed by atoms with van der Waals surface area (Å²) in [5.41, 5.74) is 6.49. The molecule has 1 rings (SSSR count). The number of aliphatic carboxylic acids is 1. The Morgan fingerprint density at radius 2 is 2.15 bits per heavy atom. The lowest BCUT2D eigenvalue weighted by molar-refractivity contribution is -0.133. The van der Waals surface area contributed by atoms with Crippen LogP contribution in [0.3, 0.4) is 0 Å². The Labute approximate surface area is 80.9 Å². The molecule has 0 aliphatic carbocycles. The van der Waals surface area contributed by atoms with Gasteiger partial charge in [0.2, 0.25) is 0 Å². The topological polar surface area (TPSA) is 63.3 Å². The van der Waals surface area contributed by atoms with Crippen LogP contribution >= 0.6 is 11.8 Å². The van der Waals surface area contributed by atoms with Crippen molar-refractivity contribution in [1.82, 2.24) is 0 Å². The van der Waals surface area contributed by atoms with Gasteiger partial charge in [-0.1, -0.05) is 18.2 Å². The molecule has 3 nitrogen and oxygen atoms in total. The molecule has 1 aromatic rings. The first-order chi connectivity index (χ1) is 6.24. The molecule has 0 atom stereocenters. The predicted octanol–water partition coefficient (Wildman–Crippen LogP) is 1.32. The molecule has 0 bridgehead atoms. The van der Waals surface area contributed by atoms with Crippen LogP contribution in [0.1, 0.15) is 5.56 Å². The lowest BCUT2D eigenvalue weighted by Crippen LogP contribution is -2.01. The van der Waals surface area contributed by atoms with Gasteiger partial charge in [0.1, 0.15) is 0 Å². The van der Waals surface area contributed by atoms with E-state index in [9.17, 15) is 4.79 Å². The molecular weight excluding hydrogens is 186 g/mol. The number of carboxylic acid groups (broad SMARTS) is 1. The Kier molecular flexibility index (Phi) is 3.79. The Balaban J connectivity index is 2.69. The normalized spacial score (nSPS) is 9.92. The quantitative estimate of drug-likeness (QED) is 0.715. The molecule has 0 aliphatic heterocycles. The van der Waals surface area contributed by atoms with E-state index in [1.165, 1.54) is 11.8 Å². The number of hydrogen-bond donors (Lipinski definition) is 2. The molecule has 0 radical (unpaired) electrons. The number of carboxylic acids is 1. The Morgan fingerprint density at radius 3 is 2.77 bits per heavy atom. The molecule has 0 saturated heterocycles. The van der Waals surface area contributed by atoms with Crippen molar-refractivity contribution in [2.45, 2.75) is 11.4 Å². The van der Waals surface area contributed by atoms with E-state index >= 15 is 0 Å². The zero-order chi connectivity index (χ0) is 9.68. The van der Waals surface area contributed by atoms with Gasteiger partial charge in [0, 0.05) is 11.4 Å². The zero-order valence-electron chi connectivity index (χ0n) is 7.06. The minimum absolute atomic E-state index is 0.0804. The summed E-state index contributed by atoms with van der Waals surface area (Å²) < 4.78 is 0. The Morgan fingerprint density at radius 1 is 1.46 bits per heavy atom. The standard InChI is InChI=1S/C9H11NO2S/c10-5-7-3-1-2-4-8(7)13-6-9(11)12/h1-4H,5-6,10H2,(H,11,12). The van der Waals surface area contributed by atoms with Crippen LogP contribution in [-0.4, -0.2) is 16.8 Å².